The Hall–Kier alpha value is -2.45. The minimum Gasteiger partial charge on any atom is -0.479 e. The zero-order valence-corrected chi connectivity index (χ0v) is 19.3. The zero-order chi connectivity index (χ0) is 24.3. The molecule has 1 heterocycles. The van der Waals surface area contributed by atoms with Crippen LogP contribution < -0.4 is 0 Å². The highest BCUT2D eigenvalue weighted by Crippen LogP contribution is 2.42. The first kappa shape index (κ1) is 26.8. The van der Waals surface area contributed by atoms with Gasteiger partial charge >= 0.3 is 17.9 Å². The number of ether oxygens (including phenoxy) is 2. The molecule has 1 fully saturated rings. The number of carboxylic acid groups (broad SMARTS) is 1. The standard InChI is InChI=1S/C25H36O8/c1-2-3-4-5-6-7-8-9-10-14-17-24(23(30)32-18-19-15-12-11-13-16-19)25(31,22(28)29)20(26)21(27)33-24/h11-13,15-16,20,26,31H,2-10,14,17-18H2,1H3,(H,28,29)/t20-,24+,25-/m0/s1. The maximum absolute atomic E-state index is 13.0. The topological polar surface area (TPSA) is 130 Å². The molecule has 0 radical (unpaired) electrons. The Morgan fingerprint density at radius 3 is 2.06 bits per heavy atom. The predicted octanol–water partition coefficient (Wildman–Crippen LogP) is 3.51. The van der Waals surface area contributed by atoms with Gasteiger partial charge in [0, 0.05) is 6.42 Å². The van der Waals surface area contributed by atoms with E-state index in [4.69, 9.17) is 9.47 Å². The second kappa shape index (κ2) is 12.7. The average molecular weight is 465 g/mol. The van der Waals surface area contributed by atoms with E-state index in [1.54, 1.807) is 30.3 Å². The quantitative estimate of drug-likeness (QED) is 0.265. The van der Waals surface area contributed by atoms with Crippen molar-refractivity contribution in [3.05, 3.63) is 35.9 Å². The maximum Gasteiger partial charge on any atom is 0.354 e. The van der Waals surface area contributed by atoms with Crippen LogP contribution in [0.25, 0.3) is 0 Å². The normalized spacial score (nSPS) is 24.5. The Morgan fingerprint density at radius 1 is 0.970 bits per heavy atom. The number of carboxylic acids is 1. The summed E-state index contributed by atoms with van der Waals surface area (Å²) < 4.78 is 10.3. The summed E-state index contributed by atoms with van der Waals surface area (Å²) in [7, 11) is 0. The van der Waals surface area contributed by atoms with Crippen molar-refractivity contribution in [3.8, 4) is 0 Å². The van der Waals surface area contributed by atoms with Crippen LogP contribution in [-0.4, -0.2) is 50.5 Å². The van der Waals surface area contributed by atoms with Crippen molar-refractivity contribution in [2.75, 3.05) is 0 Å². The van der Waals surface area contributed by atoms with Crippen molar-refractivity contribution >= 4 is 17.9 Å². The molecule has 0 bridgehead atoms. The lowest BCUT2D eigenvalue weighted by Gasteiger charge is -2.35. The van der Waals surface area contributed by atoms with Crippen molar-refractivity contribution in [2.45, 2.75) is 101 Å². The third-order valence-corrected chi connectivity index (χ3v) is 6.26. The van der Waals surface area contributed by atoms with Crippen LogP contribution in [0.5, 0.6) is 0 Å². The molecule has 1 aromatic rings. The molecule has 33 heavy (non-hydrogen) atoms. The molecule has 8 nitrogen and oxygen atoms in total. The van der Waals surface area contributed by atoms with Gasteiger partial charge in [0.2, 0.25) is 5.60 Å². The van der Waals surface area contributed by atoms with Gasteiger partial charge in [0.1, 0.15) is 6.61 Å². The molecule has 0 saturated carbocycles. The molecule has 0 amide bonds. The molecule has 0 aliphatic carbocycles. The van der Waals surface area contributed by atoms with Gasteiger partial charge in [0.25, 0.3) is 5.60 Å². The van der Waals surface area contributed by atoms with Gasteiger partial charge in [-0.1, -0.05) is 95.0 Å². The van der Waals surface area contributed by atoms with Crippen LogP contribution in [0, 0.1) is 0 Å². The molecule has 1 aliphatic rings. The molecule has 0 unspecified atom stereocenters. The van der Waals surface area contributed by atoms with E-state index >= 15 is 0 Å². The lowest BCUT2D eigenvalue weighted by molar-refractivity contribution is -0.208. The first-order valence-electron chi connectivity index (χ1n) is 11.9. The van der Waals surface area contributed by atoms with Gasteiger partial charge in [-0.3, -0.25) is 0 Å². The number of aliphatic hydroxyl groups is 2. The van der Waals surface area contributed by atoms with Gasteiger partial charge in [0.15, 0.2) is 6.10 Å². The molecule has 8 heteroatoms. The van der Waals surface area contributed by atoms with E-state index in [0.717, 1.165) is 19.3 Å². The number of aliphatic hydroxyl groups excluding tert-OH is 1. The SMILES string of the molecule is CCCCCCCCCCCC[C@]1(C(=O)OCc2ccccc2)OC(=O)[C@H](O)[C@]1(O)C(=O)O. The molecule has 1 aromatic carbocycles. The van der Waals surface area contributed by atoms with Gasteiger partial charge in [0.05, 0.1) is 0 Å². The monoisotopic (exact) mass is 464 g/mol. The van der Waals surface area contributed by atoms with Gasteiger partial charge in [-0.25, -0.2) is 14.4 Å². The van der Waals surface area contributed by atoms with E-state index in [1.807, 2.05) is 0 Å². The van der Waals surface area contributed by atoms with Crippen LogP contribution in [0.4, 0.5) is 0 Å². The van der Waals surface area contributed by atoms with Gasteiger partial charge in [-0.2, -0.15) is 0 Å². The largest absolute Gasteiger partial charge is 0.479 e. The Morgan fingerprint density at radius 2 is 1.52 bits per heavy atom. The van der Waals surface area contributed by atoms with Crippen LogP contribution >= 0.6 is 0 Å². The first-order valence-corrected chi connectivity index (χ1v) is 11.9. The number of carbonyl (C=O) groups is 3. The summed E-state index contributed by atoms with van der Waals surface area (Å²) in [5, 5.41) is 30.6. The first-order chi connectivity index (χ1) is 15.8. The summed E-state index contributed by atoms with van der Waals surface area (Å²) in [5.41, 5.74) is -5.00. The highest BCUT2D eigenvalue weighted by molar-refractivity contribution is 6.02. The predicted molar refractivity (Wildman–Crippen MR) is 120 cm³/mol. The fourth-order valence-corrected chi connectivity index (χ4v) is 4.23. The van der Waals surface area contributed by atoms with Gasteiger partial charge in [-0.05, 0) is 12.0 Å². The van der Waals surface area contributed by atoms with Gasteiger partial charge in [-0.15, -0.1) is 0 Å². The third-order valence-electron chi connectivity index (χ3n) is 6.26. The lowest BCUT2D eigenvalue weighted by Crippen LogP contribution is -2.65. The summed E-state index contributed by atoms with van der Waals surface area (Å²) in [6.45, 7) is 1.99. The number of esters is 2. The molecule has 184 valence electrons. The summed E-state index contributed by atoms with van der Waals surface area (Å²) in [5.74, 6) is -4.45. The van der Waals surface area contributed by atoms with Crippen LogP contribution in [0.2, 0.25) is 0 Å². The minimum absolute atomic E-state index is 0.192. The van der Waals surface area contributed by atoms with Crippen LogP contribution in [-0.2, 0) is 30.5 Å². The van der Waals surface area contributed by atoms with E-state index < -0.39 is 35.2 Å². The maximum atomic E-state index is 13.0. The number of hydrogen-bond donors (Lipinski definition) is 3. The van der Waals surface area contributed by atoms with E-state index in [2.05, 4.69) is 6.92 Å². The third kappa shape index (κ3) is 6.32. The van der Waals surface area contributed by atoms with E-state index in [9.17, 15) is 29.7 Å². The smallest absolute Gasteiger partial charge is 0.354 e. The highest BCUT2D eigenvalue weighted by Gasteiger charge is 2.75. The molecule has 1 aliphatic heterocycles. The number of carbonyl (C=O) groups excluding carboxylic acids is 2. The molecule has 2 rings (SSSR count). The van der Waals surface area contributed by atoms with Crippen LogP contribution in [0.3, 0.4) is 0 Å². The number of hydrogen-bond acceptors (Lipinski definition) is 7. The summed E-state index contributed by atoms with van der Waals surface area (Å²) in [6.07, 6.45) is 7.38. The van der Waals surface area contributed by atoms with Crippen LogP contribution in [0.1, 0.15) is 83.1 Å². The summed E-state index contributed by atoms with van der Waals surface area (Å²) >= 11 is 0. The number of aliphatic carboxylic acids is 1. The molecule has 3 atom stereocenters. The molecule has 3 N–H and O–H groups in total. The Labute approximate surface area is 194 Å². The van der Waals surface area contributed by atoms with E-state index in [1.165, 1.54) is 32.1 Å². The number of unbranched alkanes of at least 4 members (excludes halogenated alkanes) is 9. The Bertz CT molecular complexity index is 780. The number of cyclic esters (lactones) is 1. The zero-order valence-electron chi connectivity index (χ0n) is 19.3. The Kier molecular flexibility index (Phi) is 10.3. The number of benzene rings is 1. The molecule has 0 aromatic heterocycles. The Balaban J connectivity index is 2.00. The fraction of sp³-hybridized carbons (Fsp3) is 0.640. The van der Waals surface area contributed by atoms with Crippen molar-refractivity contribution < 1.29 is 39.2 Å². The average Bonchev–Trinajstić information content (AvgIpc) is 3.01. The molecule has 1 saturated heterocycles. The van der Waals surface area contributed by atoms with Crippen molar-refractivity contribution in [2.24, 2.45) is 0 Å². The minimum atomic E-state index is -3.13. The van der Waals surface area contributed by atoms with Crippen LogP contribution in [0.15, 0.2) is 30.3 Å². The molecular formula is C25H36O8. The van der Waals surface area contributed by atoms with E-state index in [-0.39, 0.29) is 13.0 Å². The second-order valence-corrected chi connectivity index (χ2v) is 8.72. The second-order valence-electron chi connectivity index (χ2n) is 8.72. The van der Waals surface area contributed by atoms with Crippen molar-refractivity contribution in [3.63, 3.8) is 0 Å². The summed E-state index contributed by atoms with van der Waals surface area (Å²) in [4.78, 5) is 37.0. The molecular weight excluding hydrogens is 428 g/mol. The van der Waals surface area contributed by atoms with E-state index in [0.29, 0.717) is 18.4 Å². The fourth-order valence-electron chi connectivity index (χ4n) is 4.23. The lowest BCUT2D eigenvalue weighted by atomic mass is 9.77. The highest BCUT2D eigenvalue weighted by atomic mass is 16.6. The van der Waals surface area contributed by atoms with Crippen molar-refractivity contribution in [1.82, 2.24) is 0 Å². The van der Waals surface area contributed by atoms with Crippen molar-refractivity contribution in [1.29, 1.82) is 0 Å². The molecule has 0 spiro atoms. The summed E-state index contributed by atoms with van der Waals surface area (Å²) in [6, 6.07) is 8.70. The number of rotatable bonds is 15. The van der Waals surface area contributed by atoms with Gasteiger partial charge < -0.3 is 24.8 Å².